The average molecular weight is 317 g/mol. The monoisotopic (exact) mass is 317 g/mol. The molecule has 0 bridgehead atoms. The smallest absolute Gasteiger partial charge is 0.0339 e. The lowest BCUT2D eigenvalue weighted by Crippen LogP contribution is -2.09. The number of hydrogen-bond acceptors (Lipinski definition) is 1. The first-order valence-corrected chi connectivity index (χ1v) is 8.72. The topological polar surface area (TPSA) is 12.0 Å². The van der Waals surface area contributed by atoms with Crippen molar-refractivity contribution < 1.29 is 0 Å². The molecule has 0 saturated heterocycles. The molecule has 0 saturated carbocycles. The largest absolute Gasteiger partial charge is 0.317 e. The van der Waals surface area contributed by atoms with Crippen molar-refractivity contribution in [2.45, 2.75) is 19.8 Å². The van der Waals surface area contributed by atoms with Crippen molar-refractivity contribution >= 4 is 0 Å². The molecule has 24 heavy (non-hydrogen) atoms. The van der Waals surface area contributed by atoms with Crippen LogP contribution in [-0.4, -0.2) is 13.1 Å². The van der Waals surface area contributed by atoms with Gasteiger partial charge in [-0.15, -0.1) is 0 Å². The van der Waals surface area contributed by atoms with Gasteiger partial charge in [-0.05, 0) is 29.8 Å². The molecule has 0 spiro atoms. The predicted molar refractivity (Wildman–Crippen MR) is 104 cm³/mol. The molecule has 0 aliphatic carbocycles. The lowest BCUT2D eigenvalue weighted by Gasteiger charge is -2.18. The van der Waals surface area contributed by atoms with E-state index >= 15 is 0 Å². The quantitative estimate of drug-likeness (QED) is 0.614. The summed E-state index contributed by atoms with van der Waals surface area (Å²) in [5.41, 5.74) is 4.00. The highest BCUT2D eigenvalue weighted by Crippen LogP contribution is 2.31. The van der Waals surface area contributed by atoms with Gasteiger partial charge in [-0.2, -0.15) is 0 Å². The summed E-state index contributed by atoms with van der Waals surface area (Å²) >= 11 is 0. The van der Waals surface area contributed by atoms with Crippen LogP contribution >= 0.6 is 0 Å². The standard InChI is InChI=1S/C19H16.C4H11N/c1-4-10-16(11-5-1)19(17-12-6-2-7-13-17)18-14-8-3-9-15-18;1-3-5-4-2/h1-15,19H;5H,3-4H2,1-2H3. The first kappa shape index (κ1) is 18.0. The third-order valence-electron chi connectivity index (χ3n) is 3.90. The Bertz CT molecular complexity index is 566. The molecular weight excluding hydrogens is 290 g/mol. The second kappa shape index (κ2) is 10.4. The predicted octanol–water partition coefficient (Wildman–Crippen LogP) is 5.48. The maximum absolute atomic E-state index is 3.11. The van der Waals surface area contributed by atoms with Crippen molar-refractivity contribution in [1.82, 2.24) is 5.32 Å². The molecule has 0 amide bonds. The van der Waals surface area contributed by atoms with E-state index in [4.69, 9.17) is 0 Å². The van der Waals surface area contributed by atoms with Gasteiger partial charge < -0.3 is 5.32 Å². The normalized spacial score (nSPS) is 10.1. The van der Waals surface area contributed by atoms with Crippen LogP contribution in [0, 0.1) is 0 Å². The van der Waals surface area contributed by atoms with E-state index in [1.54, 1.807) is 0 Å². The van der Waals surface area contributed by atoms with Gasteiger partial charge in [-0.3, -0.25) is 0 Å². The van der Waals surface area contributed by atoms with Crippen LogP contribution in [0.2, 0.25) is 0 Å². The van der Waals surface area contributed by atoms with Gasteiger partial charge in [-0.1, -0.05) is 105 Å². The van der Waals surface area contributed by atoms with Crippen LogP contribution in [0.3, 0.4) is 0 Å². The molecule has 124 valence electrons. The van der Waals surface area contributed by atoms with E-state index in [0.29, 0.717) is 5.92 Å². The van der Waals surface area contributed by atoms with Crippen LogP contribution in [0.4, 0.5) is 0 Å². The molecule has 0 radical (unpaired) electrons. The number of nitrogens with one attached hydrogen (secondary N) is 1. The van der Waals surface area contributed by atoms with Gasteiger partial charge in [0.1, 0.15) is 0 Å². The molecule has 0 heterocycles. The summed E-state index contributed by atoms with van der Waals surface area (Å²) < 4.78 is 0. The van der Waals surface area contributed by atoms with Crippen molar-refractivity contribution in [2.24, 2.45) is 0 Å². The molecule has 3 aromatic carbocycles. The Morgan fingerprint density at radius 2 is 0.833 bits per heavy atom. The number of benzene rings is 3. The molecule has 1 N–H and O–H groups in total. The summed E-state index contributed by atoms with van der Waals surface area (Å²) in [4.78, 5) is 0. The maximum Gasteiger partial charge on any atom is 0.0339 e. The van der Waals surface area contributed by atoms with E-state index in [9.17, 15) is 0 Å². The third kappa shape index (κ3) is 5.36. The maximum atomic E-state index is 3.11. The second-order valence-corrected chi connectivity index (χ2v) is 5.62. The van der Waals surface area contributed by atoms with E-state index < -0.39 is 0 Å². The van der Waals surface area contributed by atoms with Gasteiger partial charge in [0.2, 0.25) is 0 Å². The molecule has 0 atom stereocenters. The van der Waals surface area contributed by atoms with Crippen LogP contribution in [0.15, 0.2) is 91.0 Å². The number of rotatable bonds is 5. The minimum atomic E-state index is 0.309. The summed E-state index contributed by atoms with van der Waals surface area (Å²) in [5, 5.41) is 3.11. The fourth-order valence-corrected chi connectivity index (χ4v) is 2.76. The van der Waals surface area contributed by atoms with Gasteiger partial charge in [0.25, 0.3) is 0 Å². The second-order valence-electron chi connectivity index (χ2n) is 5.62. The summed E-state index contributed by atoms with van der Waals surface area (Å²) in [6.07, 6.45) is 0. The van der Waals surface area contributed by atoms with Crippen LogP contribution in [0.1, 0.15) is 36.5 Å². The van der Waals surface area contributed by atoms with Crippen molar-refractivity contribution in [1.29, 1.82) is 0 Å². The third-order valence-corrected chi connectivity index (χ3v) is 3.90. The zero-order chi connectivity index (χ0) is 17.0. The summed E-state index contributed by atoms with van der Waals surface area (Å²) in [7, 11) is 0. The Labute approximate surface area is 146 Å². The van der Waals surface area contributed by atoms with Crippen LogP contribution in [-0.2, 0) is 0 Å². The molecule has 1 heteroatoms. The fraction of sp³-hybridized carbons (Fsp3) is 0.217. The van der Waals surface area contributed by atoms with Crippen molar-refractivity contribution in [3.63, 3.8) is 0 Å². The minimum absolute atomic E-state index is 0.309. The number of hydrogen-bond donors (Lipinski definition) is 1. The van der Waals surface area contributed by atoms with Crippen LogP contribution in [0.5, 0.6) is 0 Å². The van der Waals surface area contributed by atoms with Crippen LogP contribution in [0.25, 0.3) is 0 Å². The van der Waals surface area contributed by atoms with E-state index in [-0.39, 0.29) is 0 Å². The Kier molecular flexibility index (Phi) is 7.79. The lowest BCUT2D eigenvalue weighted by molar-refractivity contribution is 0.762. The van der Waals surface area contributed by atoms with Gasteiger partial charge >= 0.3 is 0 Å². The van der Waals surface area contributed by atoms with E-state index in [0.717, 1.165) is 13.1 Å². The van der Waals surface area contributed by atoms with E-state index in [2.05, 4.69) is 110 Å². The van der Waals surface area contributed by atoms with Crippen LogP contribution < -0.4 is 5.32 Å². The molecule has 0 fully saturated rings. The molecule has 0 aliphatic rings. The Morgan fingerprint density at radius 3 is 1.04 bits per heavy atom. The zero-order valence-corrected chi connectivity index (χ0v) is 14.7. The van der Waals surface area contributed by atoms with Crippen molar-refractivity contribution in [2.75, 3.05) is 13.1 Å². The molecule has 3 rings (SSSR count). The first-order chi connectivity index (χ1) is 11.9. The molecular formula is C23H27N. The van der Waals surface area contributed by atoms with Gasteiger partial charge in [-0.25, -0.2) is 0 Å². The Balaban J connectivity index is 0.000000368. The van der Waals surface area contributed by atoms with Gasteiger partial charge in [0, 0.05) is 5.92 Å². The molecule has 0 unspecified atom stereocenters. The SMILES string of the molecule is CCNCC.c1ccc(C(c2ccccc2)c2ccccc2)cc1. The summed E-state index contributed by atoms with van der Waals surface area (Å²) in [6.45, 7) is 6.39. The fourth-order valence-electron chi connectivity index (χ4n) is 2.76. The Morgan fingerprint density at radius 1 is 0.542 bits per heavy atom. The van der Waals surface area contributed by atoms with E-state index in [1.807, 2.05) is 0 Å². The highest BCUT2D eigenvalue weighted by Gasteiger charge is 2.15. The van der Waals surface area contributed by atoms with Gasteiger partial charge in [0.05, 0.1) is 0 Å². The Hall–Kier alpha value is -2.38. The van der Waals surface area contributed by atoms with Crippen molar-refractivity contribution in [3.8, 4) is 0 Å². The summed E-state index contributed by atoms with van der Waals surface area (Å²) in [6, 6.07) is 32.0. The van der Waals surface area contributed by atoms with E-state index in [1.165, 1.54) is 16.7 Å². The lowest BCUT2D eigenvalue weighted by atomic mass is 9.85. The molecule has 3 aromatic rings. The zero-order valence-electron chi connectivity index (χ0n) is 14.7. The molecule has 0 aromatic heterocycles. The summed E-state index contributed by atoms with van der Waals surface area (Å²) in [5.74, 6) is 0.309. The van der Waals surface area contributed by atoms with Crippen molar-refractivity contribution in [3.05, 3.63) is 108 Å². The highest BCUT2D eigenvalue weighted by atomic mass is 14.8. The first-order valence-electron chi connectivity index (χ1n) is 8.72. The highest BCUT2D eigenvalue weighted by molar-refractivity contribution is 5.42. The molecule has 0 aliphatic heterocycles. The van der Waals surface area contributed by atoms with Gasteiger partial charge in [0.15, 0.2) is 0 Å². The average Bonchev–Trinajstić information content (AvgIpc) is 2.66. The molecule has 1 nitrogen and oxygen atoms in total. The minimum Gasteiger partial charge on any atom is -0.317 e.